The highest BCUT2D eigenvalue weighted by atomic mass is 16.5. The lowest BCUT2D eigenvalue weighted by molar-refractivity contribution is -0.133. The van der Waals surface area contributed by atoms with Crippen LogP contribution in [-0.2, 0) is 9.53 Å². The Balaban J connectivity index is 1.71. The number of hydrogen-bond donors (Lipinski definition) is 0. The molecule has 0 N–H and O–H groups in total. The average molecular weight is 254 g/mol. The predicted octanol–water partition coefficient (Wildman–Crippen LogP) is 1.50. The zero-order chi connectivity index (χ0) is 12.8. The summed E-state index contributed by atoms with van der Waals surface area (Å²) in [4.78, 5) is 16.5. The minimum absolute atomic E-state index is 0.359. The van der Waals surface area contributed by atoms with E-state index in [1.807, 2.05) is 0 Å². The van der Waals surface area contributed by atoms with E-state index in [2.05, 4.69) is 16.7 Å². The Morgan fingerprint density at radius 3 is 2.44 bits per heavy atom. The summed E-state index contributed by atoms with van der Waals surface area (Å²) in [5.41, 5.74) is 0. The minimum atomic E-state index is 0.359. The van der Waals surface area contributed by atoms with Gasteiger partial charge in [-0.3, -0.25) is 9.69 Å². The molecule has 4 nitrogen and oxygen atoms in total. The van der Waals surface area contributed by atoms with Gasteiger partial charge in [-0.15, -0.1) is 0 Å². The fourth-order valence-electron chi connectivity index (χ4n) is 2.91. The van der Waals surface area contributed by atoms with Gasteiger partial charge in [0.15, 0.2) is 0 Å². The molecule has 2 fully saturated rings. The second-order valence-electron chi connectivity index (χ2n) is 5.36. The molecular formula is C14H26N2O2. The predicted molar refractivity (Wildman–Crippen MR) is 71.5 cm³/mol. The molecule has 0 aliphatic carbocycles. The lowest BCUT2D eigenvalue weighted by Gasteiger charge is -2.40. The van der Waals surface area contributed by atoms with Crippen LogP contribution in [0.5, 0.6) is 0 Å². The standard InChI is InChI=1S/C14H26N2O2/c1-2-3-4-14(17)16-7-5-13(6-8-16)15-9-11-18-12-10-15/h13H,2-12H2,1H3. The van der Waals surface area contributed by atoms with Gasteiger partial charge in [0.2, 0.25) is 5.91 Å². The van der Waals surface area contributed by atoms with Crippen molar-refractivity contribution in [2.75, 3.05) is 39.4 Å². The molecule has 0 unspecified atom stereocenters. The van der Waals surface area contributed by atoms with Crippen LogP contribution in [0, 0.1) is 0 Å². The lowest BCUT2D eigenvalue weighted by Crippen LogP contribution is -2.50. The largest absolute Gasteiger partial charge is 0.379 e. The smallest absolute Gasteiger partial charge is 0.222 e. The summed E-state index contributed by atoms with van der Waals surface area (Å²) in [5.74, 6) is 0.359. The fourth-order valence-corrected chi connectivity index (χ4v) is 2.91. The van der Waals surface area contributed by atoms with Crippen LogP contribution in [0.2, 0.25) is 0 Å². The van der Waals surface area contributed by atoms with Gasteiger partial charge in [0.1, 0.15) is 0 Å². The Labute approximate surface area is 110 Å². The van der Waals surface area contributed by atoms with Gasteiger partial charge in [0.25, 0.3) is 0 Å². The van der Waals surface area contributed by atoms with Crippen molar-refractivity contribution in [3.8, 4) is 0 Å². The number of nitrogens with zero attached hydrogens (tertiary/aromatic N) is 2. The summed E-state index contributed by atoms with van der Waals surface area (Å²) < 4.78 is 5.39. The topological polar surface area (TPSA) is 32.8 Å². The molecule has 0 radical (unpaired) electrons. The van der Waals surface area contributed by atoms with Crippen molar-refractivity contribution in [1.29, 1.82) is 0 Å². The van der Waals surface area contributed by atoms with E-state index in [4.69, 9.17) is 4.74 Å². The van der Waals surface area contributed by atoms with Gasteiger partial charge >= 0.3 is 0 Å². The Kier molecular flexibility index (Phi) is 5.45. The number of likely N-dealkylation sites (tertiary alicyclic amines) is 1. The molecule has 0 aromatic carbocycles. The SMILES string of the molecule is CCCCC(=O)N1CCC(N2CCOCC2)CC1. The third-order valence-corrected chi connectivity index (χ3v) is 4.12. The number of carbonyl (C=O) groups excluding carboxylic acids is 1. The minimum Gasteiger partial charge on any atom is -0.379 e. The van der Waals surface area contributed by atoms with Crippen LogP contribution in [-0.4, -0.2) is 61.1 Å². The number of unbranched alkanes of at least 4 members (excludes halogenated alkanes) is 1. The Morgan fingerprint density at radius 2 is 1.83 bits per heavy atom. The van der Waals surface area contributed by atoms with Gasteiger partial charge < -0.3 is 9.64 Å². The van der Waals surface area contributed by atoms with Crippen molar-refractivity contribution < 1.29 is 9.53 Å². The van der Waals surface area contributed by atoms with Gasteiger partial charge in [-0.1, -0.05) is 13.3 Å². The molecule has 0 spiro atoms. The van der Waals surface area contributed by atoms with E-state index < -0.39 is 0 Å². The van der Waals surface area contributed by atoms with Crippen LogP contribution >= 0.6 is 0 Å². The molecule has 2 heterocycles. The van der Waals surface area contributed by atoms with E-state index >= 15 is 0 Å². The number of piperidine rings is 1. The first kappa shape index (κ1) is 13.8. The van der Waals surface area contributed by atoms with E-state index in [1.165, 1.54) is 0 Å². The summed E-state index contributed by atoms with van der Waals surface area (Å²) in [6, 6.07) is 0.670. The van der Waals surface area contributed by atoms with Crippen molar-refractivity contribution >= 4 is 5.91 Å². The van der Waals surface area contributed by atoms with Crippen LogP contribution in [0.25, 0.3) is 0 Å². The molecule has 104 valence electrons. The molecule has 4 heteroatoms. The van der Waals surface area contributed by atoms with E-state index in [0.717, 1.165) is 71.5 Å². The molecule has 1 amide bonds. The lowest BCUT2D eigenvalue weighted by atomic mass is 10.0. The number of morpholine rings is 1. The first-order chi connectivity index (χ1) is 8.81. The van der Waals surface area contributed by atoms with Gasteiger partial charge in [-0.2, -0.15) is 0 Å². The second kappa shape index (κ2) is 7.10. The van der Waals surface area contributed by atoms with Crippen molar-refractivity contribution in [2.24, 2.45) is 0 Å². The number of rotatable bonds is 4. The van der Waals surface area contributed by atoms with Gasteiger partial charge in [-0.25, -0.2) is 0 Å². The molecule has 0 atom stereocenters. The number of hydrogen-bond acceptors (Lipinski definition) is 3. The summed E-state index contributed by atoms with van der Waals surface area (Å²) in [5, 5.41) is 0. The Hall–Kier alpha value is -0.610. The molecule has 18 heavy (non-hydrogen) atoms. The molecule has 0 aromatic rings. The molecule has 0 aromatic heterocycles. The van der Waals surface area contributed by atoms with Gasteiger partial charge in [0.05, 0.1) is 13.2 Å². The molecular weight excluding hydrogens is 228 g/mol. The van der Waals surface area contributed by atoms with Crippen LogP contribution in [0.1, 0.15) is 39.0 Å². The summed E-state index contributed by atoms with van der Waals surface area (Å²) in [6.07, 6.45) is 5.15. The van der Waals surface area contributed by atoms with E-state index in [9.17, 15) is 4.79 Å². The summed E-state index contributed by atoms with van der Waals surface area (Å²) in [6.45, 7) is 7.90. The summed E-state index contributed by atoms with van der Waals surface area (Å²) in [7, 11) is 0. The average Bonchev–Trinajstić information content (AvgIpc) is 2.46. The van der Waals surface area contributed by atoms with E-state index in [-0.39, 0.29) is 0 Å². The van der Waals surface area contributed by atoms with Crippen molar-refractivity contribution in [3.63, 3.8) is 0 Å². The van der Waals surface area contributed by atoms with Crippen LogP contribution in [0.4, 0.5) is 0 Å². The van der Waals surface area contributed by atoms with Crippen molar-refractivity contribution in [3.05, 3.63) is 0 Å². The summed E-state index contributed by atoms with van der Waals surface area (Å²) >= 11 is 0. The zero-order valence-corrected chi connectivity index (χ0v) is 11.6. The Morgan fingerprint density at radius 1 is 1.17 bits per heavy atom. The fraction of sp³-hybridized carbons (Fsp3) is 0.929. The zero-order valence-electron chi connectivity index (χ0n) is 11.6. The normalized spacial score (nSPS) is 23.3. The highest BCUT2D eigenvalue weighted by molar-refractivity contribution is 5.76. The maximum Gasteiger partial charge on any atom is 0.222 e. The maximum absolute atomic E-state index is 11.9. The molecule has 2 aliphatic rings. The van der Waals surface area contributed by atoms with Gasteiger partial charge in [0, 0.05) is 38.6 Å². The Bertz CT molecular complexity index is 257. The van der Waals surface area contributed by atoms with Crippen molar-refractivity contribution in [2.45, 2.75) is 45.1 Å². The van der Waals surface area contributed by atoms with Crippen LogP contribution in [0.3, 0.4) is 0 Å². The van der Waals surface area contributed by atoms with E-state index in [0.29, 0.717) is 11.9 Å². The van der Waals surface area contributed by atoms with Gasteiger partial charge in [-0.05, 0) is 19.3 Å². The molecule has 0 saturated carbocycles. The quantitative estimate of drug-likeness (QED) is 0.762. The van der Waals surface area contributed by atoms with E-state index in [1.54, 1.807) is 0 Å². The highest BCUT2D eigenvalue weighted by Gasteiger charge is 2.27. The highest BCUT2D eigenvalue weighted by Crippen LogP contribution is 2.18. The first-order valence-corrected chi connectivity index (χ1v) is 7.41. The number of ether oxygens (including phenoxy) is 1. The molecule has 0 bridgehead atoms. The third kappa shape index (κ3) is 3.69. The second-order valence-corrected chi connectivity index (χ2v) is 5.36. The first-order valence-electron chi connectivity index (χ1n) is 7.41. The molecule has 2 aliphatic heterocycles. The van der Waals surface area contributed by atoms with Crippen molar-refractivity contribution in [1.82, 2.24) is 9.80 Å². The third-order valence-electron chi connectivity index (χ3n) is 4.12. The maximum atomic E-state index is 11.9. The number of carbonyl (C=O) groups is 1. The monoisotopic (exact) mass is 254 g/mol. The van der Waals surface area contributed by atoms with Crippen LogP contribution in [0.15, 0.2) is 0 Å². The number of amides is 1. The molecule has 2 rings (SSSR count). The molecule has 2 saturated heterocycles. The van der Waals surface area contributed by atoms with Crippen LogP contribution < -0.4 is 0 Å².